The first kappa shape index (κ1) is 14.3. The summed E-state index contributed by atoms with van der Waals surface area (Å²) in [6, 6.07) is 0. The number of aliphatic hydroxyl groups excluding tert-OH is 1. The molecule has 0 aromatic carbocycles. The zero-order chi connectivity index (χ0) is 14.9. The molecule has 5 atom stereocenters. The average molecular weight is 288 g/mol. The number of fused-ring (bicyclic) bond motifs is 3. The molecule has 3 saturated carbocycles. The Morgan fingerprint density at radius 1 is 1.05 bits per heavy atom. The highest BCUT2D eigenvalue weighted by molar-refractivity contribution is 5.28. The Morgan fingerprint density at radius 2 is 1.86 bits per heavy atom. The number of aliphatic hydroxyl groups is 1. The lowest BCUT2D eigenvalue weighted by molar-refractivity contribution is -0.133. The summed E-state index contributed by atoms with van der Waals surface area (Å²) in [5, 5.41) is 9.71. The molecule has 4 rings (SSSR count). The predicted molar refractivity (Wildman–Crippen MR) is 86.9 cm³/mol. The second-order valence-corrected chi connectivity index (χ2v) is 9.58. The minimum atomic E-state index is 0.310. The summed E-state index contributed by atoms with van der Waals surface area (Å²) in [5.41, 5.74) is 2.93. The molecule has 0 radical (unpaired) electrons. The Bertz CT molecular complexity index is 476. The molecule has 1 heteroatoms. The van der Waals surface area contributed by atoms with Gasteiger partial charge in [-0.05, 0) is 84.5 Å². The molecule has 0 heterocycles. The van der Waals surface area contributed by atoms with Crippen molar-refractivity contribution in [3.63, 3.8) is 0 Å². The smallest absolute Gasteiger partial charge is 0.0644 e. The van der Waals surface area contributed by atoms with E-state index in [1.807, 2.05) is 0 Å². The van der Waals surface area contributed by atoms with E-state index in [1.54, 1.807) is 0 Å². The summed E-state index contributed by atoms with van der Waals surface area (Å²) in [7, 11) is 0. The Balaban J connectivity index is 1.74. The van der Waals surface area contributed by atoms with Gasteiger partial charge in [-0.1, -0.05) is 33.3 Å². The maximum Gasteiger partial charge on any atom is 0.0644 e. The van der Waals surface area contributed by atoms with Crippen molar-refractivity contribution < 1.29 is 5.11 Å². The van der Waals surface area contributed by atoms with Gasteiger partial charge < -0.3 is 5.11 Å². The summed E-state index contributed by atoms with van der Waals surface area (Å²) >= 11 is 0. The molecule has 0 aromatic rings. The van der Waals surface area contributed by atoms with Crippen molar-refractivity contribution in [3.8, 4) is 0 Å². The van der Waals surface area contributed by atoms with Crippen molar-refractivity contribution in [1.82, 2.24) is 0 Å². The molecule has 2 bridgehead atoms. The summed E-state index contributed by atoms with van der Waals surface area (Å²) in [4.78, 5) is 0. The van der Waals surface area contributed by atoms with Gasteiger partial charge in [0.1, 0.15) is 0 Å². The second kappa shape index (κ2) is 4.37. The van der Waals surface area contributed by atoms with Gasteiger partial charge in [0.15, 0.2) is 0 Å². The van der Waals surface area contributed by atoms with Crippen LogP contribution in [0.4, 0.5) is 0 Å². The predicted octanol–water partition coefficient (Wildman–Crippen LogP) is 4.95. The van der Waals surface area contributed by atoms with E-state index in [9.17, 15) is 5.11 Å². The molecule has 21 heavy (non-hydrogen) atoms. The number of hydrogen-bond acceptors (Lipinski definition) is 1. The molecule has 4 aliphatic carbocycles. The minimum Gasteiger partial charge on any atom is -0.392 e. The van der Waals surface area contributed by atoms with Gasteiger partial charge >= 0.3 is 0 Å². The van der Waals surface area contributed by atoms with Gasteiger partial charge in [-0.2, -0.15) is 0 Å². The number of rotatable bonds is 1. The zero-order valence-corrected chi connectivity index (χ0v) is 14.1. The topological polar surface area (TPSA) is 20.2 Å². The standard InChI is InChI=1S/C20H32O/c1-18(2)8-4-9-19(3)16(18)7-10-20-11-14(5-6-17(19)20)15(12-20)13-21/h12,14,16-17,21H,4-11,13H2,1-3H3/t14-,16+,17-,19+,20+/m1/s1. The lowest BCUT2D eigenvalue weighted by Crippen LogP contribution is -2.55. The Morgan fingerprint density at radius 3 is 2.62 bits per heavy atom. The highest BCUT2D eigenvalue weighted by Gasteiger charge is 2.61. The molecule has 1 N–H and O–H groups in total. The van der Waals surface area contributed by atoms with Crippen LogP contribution in [-0.4, -0.2) is 11.7 Å². The highest BCUT2D eigenvalue weighted by Crippen LogP contribution is 2.70. The molecule has 0 saturated heterocycles. The molecule has 0 aliphatic heterocycles. The van der Waals surface area contributed by atoms with Gasteiger partial charge in [0.25, 0.3) is 0 Å². The lowest BCUT2D eigenvalue weighted by atomic mass is 9.41. The molecule has 4 aliphatic rings. The fourth-order valence-electron chi connectivity index (χ4n) is 7.55. The van der Waals surface area contributed by atoms with Crippen LogP contribution < -0.4 is 0 Å². The van der Waals surface area contributed by atoms with Crippen LogP contribution in [0.25, 0.3) is 0 Å². The van der Waals surface area contributed by atoms with Gasteiger partial charge in [0.05, 0.1) is 6.61 Å². The van der Waals surface area contributed by atoms with E-state index >= 15 is 0 Å². The quantitative estimate of drug-likeness (QED) is 0.677. The van der Waals surface area contributed by atoms with E-state index in [1.165, 1.54) is 56.9 Å². The normalized spacial score (nSPS) is 51.0. The van der Waals surface area contributed by atoms with Crippen molar-refractivity contribution in [1.29, 1.82) is 0 Å². The Hall–Kier alpha value is -0.300. The average Bonchev–Trinajstić information content (AvgIpc) is 2.68. The molecule has 0 amide bonds. The molecule has 3 fully saturated rings. The first-order valence-electron chi connectivity index (χ1n) is 9.24. The van der Waals surface area contributed by atoms with Gasteiger partial charge in [-0.25, -0.2) is 0 Å². The molecular formula is C20H32O. The first-order valence-corrected chi connectivity index (χ1v) is 9.24. The van der Waals surface area contributed by atoms with Gasteiger partial charge in [-0.15, -0.1) is 0 Å². The highest BCUT2D eigenvalue weighted by atomic mass is 16.3. The van der Waals surface area contributed by atoms with Crippen molar-refractivity contribution in [2.45, 2.75) is 72.1 Å². The summed E-state index contributed by atoms with van der Waals surface area (Å²) in [6.07, 6.45) is 13.8. The first-order chi connectivity index (χ1) is 9.91. The molecule has 0 aromatic heterocycles. The van der Waals surface area contributed by atoms with E-state index in [-0.39, 0.29) is 0 Å². The second-order valence-electron chi connectivity index (χ2n) is 9.58. The largest absolute Gasteiger partial charge is 0.392 e. The van der Waals surface area contributed by atoms with E-state index < -0.39 is 0 Å². The van der Waals surface area contributed by atoms with E-state index in [0.29, 0.717) is 28.8 Å². The fourth-order valence-corrected chi connectivity index (χ4v) is 7.55. The van der Waals surface area contributed by atoms with Crippen molar-refractivity contribution in [2.75, 3.05) is 6.61 Å². The Kier molecular flexibility index (Phi) is 2.98. The van der Waals surface area contributed by atoms with Crippen LogP contribution in [0.1, 0.15) is 72.1 Å². The lowest BCUT2D eigenvalue weighted by Gasteiger charge is -2.63. The number of hydrogen-bond donors (Lipinski definition) is 1. The molecule has 1 spiro atoms. The van der Waals surface area contributed by atoms with Gasteiger partial charge in [0, 0.05) is 0 Å². The van der Waals surface area contributed by atoms with E-state index in [0.717, 1.165) is 11.8 Å². The monoisotopic (exact) mass is 288 g/mol. The fraction of sp³-hybridized carbons (Fsp3) is 0.900. The van der Waals surface area contributed by atoms with Crippen LogP contribution in [-0.2, 0) is 0 Å². The van der Waals surface area contributed by atoms with E-state index in [4.69, 9.17) is 0 Å². The Labute approximate surface area is 130 Å². The van der Waals surface area contributed by atoms with Crippen LogP contribution in [0.5, 0.6) is 0 Å². The molecule has 118 valence electrons. The zero-order valence-electron chi connectivity index (χ0n) is 14.1. The number of allylic oxidation sites excluding steroid dienone is 1. The third kappa shape index (κ3) is 1.79. The van der Waals surface area contributed by atoms with E-state index in [2.05, 4.69) is 26.8 Å². The van der Waals surface area contributed by atoms with Gasteiger partial charge in [0.2, 0.25) is 0 Å². The summed E-state index contributed by atoms with van der Waals surface area (Å²) in [6.45, 7) is 8.00. The van der Waals surface area contributed by atoms with Crippen LogP contribution >= 0.6 is 0 Å². The van der Waals surface area contributed by atoms with Crippen molar-refractivity contribution in [2.24, 2.45) is 34.0 Å². The maximum absolute atomic E-state index is 9.71. The molecular weight excluding hydrogens is 256 g/mol. The molecule has 1 nitrogen and oxygen atoms in total. The third-order valence-electron chi connectivity index (χ3n) is 8.27. The van der Waals surface area contributed by atoms with Gasteiger partial charge in [-0.3, -0.25) is 0 Å². The SMILES string of the molecule is CC1(C)CCC[C@@]2(C)[C@H]1CC[C@]13C=C(CO)[C@H](CC[C@@H]12)C3. The van der Waals surface area contributed by atoms with Crippen molar-refractivity contribution in [3.05, 3.63) is 11.6 Å². The summed E-state index contributed by atoms with van der Waals surface area (Å²) < 4.78 is 0. The van der Waals surface area contributed by atoms with Crippen molar-refractivity contribution >= 4 is 0 Å². The minimum absolute atomic E-state index is 0.310. The van der Waals surface area contributed by atoms with Crippen LogP contribution in [0.3, 0.4) is 0 Å². The van der Waals surface area contributed by atoms with Crippen LogP contribution in [0, 0.1) is 34.0 Å². The summed E-state index contributed by atoms with van der Waals surface area (Å²) in [5.74, 6) is 2.50. The third-order valence-corrected chi connectivity index (χ3v) is 8.27. The molecule has 0 unspecified atom stereocenters. The maximum atomic E-state index is 9.71. The van der Waals surface area contributed by atoms with Crippen LogP contribution in [0.15, 0.2) is 11.6 Å². The van der Waals surface area contributed by atoms with Crippen LogP contribution in [0.2, 0.25) is 0 Å².